The molecule has 2 saturated heterocycles. The predicted molar refractivity (Wildman–Crippen MR) is 227 cm³/mol. The quantitative estimate of drug-likeness (QED) is 0.120. The number of likely N-dealkylation sites (tertiary alicyclic amines) is 1. The van der Waals surface area contributed by atoms with Crippen molar-refractivity contribution in [3.63, 3.8) is 0 Å². The number of rotatable bonds is 16. The summed E-state index contributed by atoms with van der Waals surface area (Å²) in [6, 6.07) is 12.8. The van der Waals surface area contributed by atoms with Crippen LogP contribution in [0, 0.1) is 5.92 Å². The number of nitrogens with zero attached hydrogens (tertiary/aromatic N) is 2. The lowest BCUT2D eigenvalue weighted by Crippen LogP contribution is -2.59. The molecule has 4 aliphatic rings. The number of carbonyl (C=O) groups is 6. The fourth-order valence-electron chi connectivity index (χ4n) is 7.78. The second kappa shape index (κ2) is 17.5. The van der Waals surface area contributed by atoms with E-state index in [0.717, 1.165) is 5.56 Å². The van der Waals surface area contributed by atoms with E-state index >= 15 is 0 Å². The number of aromatic nitrogens is 1. The molecule has 2 aliphatic heterocycles. The summed E-state index contributed by atoms with van der Waals surface area (Å²) in [5, 5.41) is 7.82. The standard InChI is InChI=1S/C44H52N6O12S/c1-7-26-22-44(26,41(55)49-63(57,58)29-14-15-29)48-38(52)34-20-28(61-35-21-32(25-11-9-8-10-12-25)45-33-19-27(59-6)13-16-30(33)35)23-50(34)39(53)31(46-42(56)62-43(3,4)5)17-18-36(51)47-37-24(2)60-40(37)54/h7-13,16,19,21,24,26,28-29,31,34,37H,1,14-15,17-18,20,22-23H2,2-6H3,(H,46,56)(H,47,51)(H,48,52)(H,49,55). The minimum atomic E-state index is -3.98. The molecular formula is C44H52N6O12S. The van der Waals surface area contributed by atoms with E-state index in [1.165, 1.54) is 18.1 Å². The maximum atomic E-state index is 14.8. The third kappa shape index (κ3) is 10.0. The highest BCUT2D eigenvalue weighted by molar-refractivity contribution is 7.91. The summed E-state index contributed by atoms with van der Waals surface area (Å²) in [5.41, 5.74) is -0.701. The summed E-state index contributed by atoms with van der Waals surface area (Å²) in [7, 11) is -2.45. The number of ether oxygens (including phenoxy) is 4. The third-order valence-electron chi connectivity index (χ3n) is 11.4. The van der Waals surface area contributed by atoms with E-state index in [-0.39, 0.29) is 32.2 Å². The Labute approximate surface area is 364 Å². The Balaban J connectivity index is 1.20. The maximum Gasteiger partial charge on any atom is 0.408 e. The van der Waals surface area contributed by atoms with E-state index < -0.39 is 98.4 Å². The number of benzene rings is 2. The van der Waals surface area contributed by atoms with Crippen LogP contribution in [-0.2, 0) is 43.5 Å². The van der Waals surface area contributed by atoms with Crippen molar-refractivity contribution < 1.29 is 56.1 Å². The van der Waals surface area contributed by atoms with Crippen LogP contribution >= 0.6 is 0 Å². The van der Waals surface area contributed by atoms with Crippen molar-refractivity contribution >= 4 is 56.6 Å². The molecule has 5 amide bonds. The number of methoxy groups -OCH3 is 1. The third-order valence-corrected chi connectivity index (χ3v) is 13.2. The Kier molecular flexibility index (Phi) is 12.4. The number of fused-ring (bicyclic) bond motifs is 1. The number of alkyl carbamates (subject to hydrolysis) is 1. The smallest absolute Gasteiger partial charge is 0.408 e. The molecule has 7 rings (SSSR count). The first-order valence-electron chi connectivity index (χ1n) is 20.8. The molecule has 63 heavy (non-hydrogen) atoms. The van der Waals surface area contributed by atoms with Crippen LogP contribution in [0.5, 0.6) is 11.5 Å². The van der Waals surface area contributed by atoms with E-state index in [1.54, 1.807) is 52.0 Å². The normalized spacial score (nSPS) is 24.5. The lowest BCUT2D eigenvalue weighted by atomic mass is 10.1. The maximum absolute atomic E-state index is 14.8. The Morgan fingerprint density at radius 1 is 1.08 bits per heavy atom. The number of carbonyl (C=O) groups excluding carboxylic acids is 6. The zero-order valence-corrected chi connectivity index (χ0v) is 36.5. The van der Waals surface area contributed by atoms with Gasteiger partial charge in [-0.3, -0.25) is 23.9 Å². The van der Waals surface area contributed by atoms with Crippen LogP contribution in [0.1, 0.15) is 66.2 Å². The van der Waals surface area contributed by atoms with Crippen molar-refractivity contribution in [2.75, 3.05) is 13.7 Å². The highest BCUT2D eigenvalue weighted by Crippen LogP contribution is 2.46. The van der Waals surface area contributed by atoms with Crippen molar-refractivity contribution in [3.05, 3.63) is 67.3 Å². The van der Waals surface area contributed by atoms with Gasteiger partial charge in [0.25, 0.3) is 5.91 Å². The average Bonchev–Trinajstić information content (AvgIpc) is 4.17. The molecule has 4 N–H and O–H groups in total. The monoisotopic (exact) mass is 888 g/mol. The van der Waals surface area contributed by atoms with E-state index in [0.29, 0.717) is 40.9 Å². The van der Waals surface area contributed by atoms with Gasteiger partial charge in [-0.05, 0) is 65.5 Å². The van der Waals surface area contributed by atoms with Gasteiger partial charge in [0.2, 0.25) is 27.7 Å². The summed E-state index contributed by atoms with van der Waals surface area (Å²) < 4.78 is 50.4. The first-order valence-corrected chi connectivity index (χ1v) is 22.4. The molecular weight excluding hydrogens is 837 g/mol. The second-order valence-corrected chi connectivity index (χ2v) is 19.3. The van der Waals surface area contributed by atoms with Gasteiger partial charge in [0.05, 0.1) is 30.1 Å². The fraction of sp³-hybridized carbons (Fsp3) is 0.477. The van der Waals surface area contributed by atoms with Crippen LogP contribution in [0.25, 0.3) is 22.2 Å². The van der Waals surface area contributed by atoms with Crippen LogP contribution in [0.4, 0.5) is 4.79 Å². The van der Waals surface area contributed by atoms with Crippen LogP contribution in [0.3, 0.4) is 0 Å². The molecule has 7 atom stereocenters. The van der Waals surface area contributed by atoms with E-state index in [4.69, 9.17) is 23.9 Å². The van der Waals surface area contributed by atoms with Crippen LogP contribution in [0.15, 0.2) is 67.3 Å². The number of sulfonamides is 1. The summed E-state index contributed by atoms with van der Waals surface area (Å²) >= 11 is 0. The summed E-state index contributed by atoms with van der Waals surface area (Å²) in [6.45, 7) is 10.1. The van der Waals surface area contributed by atoms with Crippen LogP contribution in [-0.4, -0.2) is 114 Å². The molecule has 3 aromatic rings. The number of esters is 1. The van der Waals surface area contributed by atoms with Crippen molar-refractivity contribution in [2.24, 2.45) is 5.92 Å². The lowest BCUT2D eigenvalue weighted by molar-refractivity contribution is -0.176. The summed E-state index contributed by atoms with van der Waals surface area (Å²) in [6.07, 6.45) is -0.709. The molecule has 19 heteroatoms. The number of pyridine rings is 1. The predicted octanol–water partition coefficient (Wildman–Crippen LogP) is 3.03. The van der Waals surface area contributed by atoms with E-state index in [9.17, 15) is 37.2 Å². The minimum absolute atomic E-state index is 0.0642. The van der Waals surface area contributed by atoms with E-state index in [1.807, 2.05) is 30.3 Å². The number of cyclic esters (lactones) is 1. The van der Waals surface area contributed by atoms with Crippen LogP contribution in [0.2, 0.25) is 0 Å². The Morgan fingerprint density at radius 3 is 2.43 bits per heavy atom. The van der Waals surface area contributed by atoms with Gasteiger partial charge in [-0.2, -0.15) is 0 Å². The zero-order valence-electron chi connectivity index (χ0n) is 35.7. The molecule has 0 bridgehead atoms. The van der Waals surface area contributed by atoms with Crippen molar-refractivity contribution in [3.8, 4) is 22.8 Å². The Morgan fingerprint density at radius 2 is 1.81 bits per heavy atom. The molecule has 2 saturated carbocycles. The van der Waals surface area contributed by atoms with E-state index in [2.05, 4.69) is 27.3 Å². The van der Waals surface area contributed by atoms with Gasteiger partial charge in [-0.15, -0.1) is 6.58 Å². The fourth-order valence-corrected chi connectivity index (χ4v) is 9.14. The number of nitrogens with one attached hydrogen (secondary N) is 4. The molecule has 0 radical (unpaired) electrons. The molecule has 18 nitrogen and oxygen atoms in total. The van der Waals surface area contributed by atoms with Gasteiger partial charge >= 0.3 is 12.1 Å². The Hall–Kier alpha value is -6.24. The molecule has 3 heterocycles. The molecule has 2 aromatic carbocycles. The summed E-state index contributed by atoms with van der Waals surface area (Å²) in [5.74, 6) is -3.31. The number of hydrogen-bond acceptors (Lipinski definition) is 13. The van der Waals surface area contributed by atoms with Gasteiger partial charge in [0.15, 0.2) is 6.04 Å². The molecule has 2 aliphatic carbocycles. The second-order valence-electron chi connectivity index (χ2n) is 17.3. The van der Waals surface area contributed by atoms with Gasteiger partial charge in [0, 0.05) is 41.8 Å². The first kappa shape index (κ1) is 44.8. The van der Waals surface area contributed by atoms with Crippen LogP contribution < -0.4 is 30.1 Å². The number of hydrogen-bond donors (Lipinski definition) is 4. The highest BCUT2D eigenvalue weighted by atomic mass is 32.2. The minimum Gasteiger partial charge on any atom is -0.497 e. The molecule has 336 valence electrons. The van der Waals surface area contributed by atoms with Gasteiger partial charge < -0.3 is 39.8 Å². The molecule has 1 aromatic heterocycles. The molecule has 4 fully saturated rings. The van der Waals surface area contributed by atoms with Gasteiger partial charge in [-0.1, -0.05) is 36.4 Å². The average molecular weight is 889 g/mol. The topological polar surface area (TPSA) is 238 Å². The van der Waals surface area contributed by atoms with Crippen molar-refractivity contribution in [1.29, 1.82) is 0 Å². The largest absolute Gasteiger partial charge is 0.497 e. The van der Waals surface area contributed by atoms with Crippen molar-refractivity contribution in [2.45, 2.75) is 113 Å². The van der Waals surface area contributed by atoms with Gasteiger partial charge in [-0.25, -0.2) is 23.0 Å². The summed E-state index contributed by atoms with van der Waals surface area (Å²) in [4.78, 5) is 87.3. The first-order chi connectivity index (χ1) is 29.8. The lowest BCUT2D eigenvalue weighted by Gasteiger charge is -2.33. The highest BCUT2D eigenvalue weighted by Gasteiger charge is 2.62. The SMILES string of the molecule is C=CC1CC1(NC(=O)C1CC(Oc2cc(-c3ccccc3)nc3cc(OC)ccc23)CN1C(=O)C(CCC(=O)NC1C(=O)OC1C)NC(=O)OC(C)(C)C)C(=O)NS(=O)(=O)C1CC1. The van der Waals surface area contributed by atoms with Gasteiger partial charge in [0.1, 0.15) is 46.9 Å². The molecule has 0 spiro atoms. The number of amides is 5. The Bertz CT molecular complexity index is 2440. The molecule has 7 unspecified atom stereocenters. The van der Waals surface area contributed by atoms with Crippen molar-refractivity contribution in [1.82, 2.24) is 30.6 Å². The zero-order chi connectivity index (χ0) is 45.4.